The van der Waals surface area contributed by atoms with Gasteiger partial charge in [0.15, 0.2) is 5.13 Å². The molecule has 110 valence electrons. The lowest BCUT2D eigenvalue weighted by Gasteiger charge is -2.25. The lowest BCUT2D eigenvalue weighted by molar-refractivity contribution is 0.590. The van der Waals surface area contributed by atoms with E-state index in [-0.39, 0.29) is 0 Å². The highest BCUT2D eigenvalue weighted by atomic mass is 32.1. The highest BCUT2D eigenvalue weighted by molar-refractivity contribution is 7.15. The van der Waals surface area contributed by atoms with Crippen molar-refractivity contribution in [3.63, 3.8) is 0 Å². The Morgan fingerprint density at radius 3 is 2.37 bits per heavy atom. The molecule has 0 atom stereocenters. The van der Waals surface area contributed by atoms with Crippen LogP contribution in [0.4, 0.5) is 5.13 Å². The molecule has 0 spiro atoms. The van der Waals surface area contributed by atoms with E-state index in [9.17, 15) is 0 Å². The summed E-state index contributed by atoms with van der Waals surface area (Å²) in [5.41, 5.74) is 1.26. The minimum Gasteiger partial charge on any atom is -0.346 e. The molecular formula is C15H29N3S. The summed E-state index contributed by atoms with van der Waals surface area (Å²) in [6, 6.07) is 1.04. The van der Waals surface area contributed by atoms with Crippen LogP contribution in [0.1, 0.15) is 58.5 Å². The number of anilines is 1. The third kappa shape index (κ3) is 4.77. The number of thiazole rings is 1. The Morgan fingerprint density at radius 2 is 1.89 bits per heavy atom. The van der Waals surface area contributed by atoms with Crippen molar-refractivity contribution < 1.29 is 0 Å². The first kappa shape index (κ1) is 16.4. The number of aromatic nitrogens is 1. The largest absolute Gasteiger partial charge is 0.346 e. The average molecular weight is 283 g/mol. The van der Waals surface area contributed by atoms with Crippen LogP contribution in [-0.4, -0.2) is 23.6 Å². The smallest absolute Gasteiger partial charge is 0.186 e. The first-order valence-electron chi connectivity index (χ1n) is 7.48. The third-order valence-corrected chi connectivity index (χ3v) is 4.24. The van der Waals surface area contributed by atoms with Gasteiger partial charge in [-0.25, -0.2) is 4.98 Å². The minimum atomic E-state index is 0.515. The predicted octanol–water partition coefficient (Wildman–Crippen LogP) is 3.83. The van der Waals surface area contributed by atoms with Crippen LogP contribution in [0.3, 0.4) is 0 Å². The highest BCUT2D eigenvalue weighted by Crippen LogP contribution is 2.28. The van der Waals surface area contributed by atoms with Crippen LogP contribution in [0.15, 0.2) is 0 Å². The molecule has 0 radical (unpaired) electrons. The second-order valence-electron chi connectivity index (χ2n) is 5.54. The SMILES string of the molecule is CCCN(c1nc(CC)c(CNC(C)C)s1)C(C)C. The Morgan fingerprint density at radius 1 is 1.21 bits per heavy atom. The van der Waals surface area contributed by atoms with Crippen LogP contribution >= 0.6 is 11.3 Å². The van der Waals surface area contributed by atoms with Gasteiger partial charge in [0, 0.05) is 30.1 Å². The van der Waals surface area contributed by atoms with Gasteiger partial charge in [-0.05, 0) is 26.7 Å². The van der Waals surface area contributed by atoms with E-state index in [0.717, 1.165) is 19.5 Å². The molecule has 0 aliphatic heterocycles. The molecule has 1 aromatic heterocycles. The molecule has 0 aliphatic rings. The molecule has 0 unspecified atom stereocenters. The topological polar surface area (TPSA) is 28.2 Å². The van der Waals surface area contributed by atoms with Crippen molar-refractivity contribution in [2.75, 3.05) is 11.4 Å². The Bertz CT molecular complexity index is 371. The van der Waals surface area contributed by atoms with Gasteiger partial charge in [-0.2, -0.15) is 0 Å². The summed E-state index contributed by atoms with van der Waals surface area (Å²) in [5.74, 6) is 0. The van der Waals surface area contributed by atoms with E-state index < -0.39 is 0 Å². The van der Waals surface area contributed by atoms with Crippen molar-refractivity contribution >= 4 is 16.5 Å². The van der Waals surface area contributed by atoms with Crippen LogP contribution in [-0.2, 0) is 13.0 Å². The van der Waals surface area contributed by atoms with Gasteiger partial charge in [-0.3, -0.25) is 0 Å². The Labute approximate surface area is 122 Å². The number of hydrogen-bond donors (Lipinski definition) is 1. The van der Waals surface area contributed by atoms with E-state index in [2.05, 4.69) is 51.8 Å². The van der Waals surface area contributed by atoms with Crippen molar-refractivity contribution in [3.8, 4) is 0 Å². The molecule has 0 amide bonds. The Balaban J connectivity index is 2.89. The quantitative estimate of drug-likeness (QED) is 0.786. The van der Waals surface area contributed by atoms with Gasteiger partial charge in [0.25, 0.3) is 0 Å². The van der Waals surface area contributed by atoms with Crippen molar-refractivity contribution in [2.24, 2.45) is 0 Å². The van der Waals surface area contributed by atoms with Gasteiger partial charge in [-0.15, -0.1) is 11.3 Å². The number of aryl methyl sites for hydroxylation is 1. The number of hydrogen-bond acceptors (Lipinski definition) is 4. The van der Waals surface area contributed by atoms with E-state index in [1.807, 2.05) is 11.3 Å². The highest BCUT2D eigenvalue weighted by Gasteiger charge is 2.17. The van der Waals surface area contributed by atoms with E-state index in [4.69, 9.17) is 4.98 Å². The maximum Gasteiger partial charge on any atom is 0.186 e. The zero-order chi connectivity index (χ0) is 14.4. The fraction of sp³-hybridized carbons (Fsp3) is 0.800. The standard InChI is InChI=1S/C15H29N3S/c1-7-9-18(12(5)6)15-17-13(8-2)14(19-15)10-16-11(3)4/h11-12,16H,7-10H2,1-6H3. The van der Waals surface area contributed by atoms with Gasteiger partial charge in [0.05, 0.1) is 5.69 Å². The maximum absolute atomic E-state index is 4.85. The third-order valence-electron chi connectivity index (χ3n) is 3.11. The zero-order valence-electron chi connectivity index (χ0n) is 13.3. The molecule has 4 heteroatoms. The molecule has 3 nitrogen and oxygen atoms in total. The Hall–Kier alpha value is -0.610. The molecule has 1 aromatic rings. The Kier molecular flexibility index (Phi) is 6.80. The molecule has 0 aromatic carbocycles. The number of nitrogens with zero attached hydrogens (tertiary/aromatic N) is 2. The molecule has 0 aliphatic carbocycles. The molecule has 0 fully saturated rings. The van der Waals surface area contributed by atoms with Crippen molar-refractivity contribution in [3.05, 3.63) is 10.6 Å². The summed E-state index contributed by atoms with van der Waals surface area (Å²) in [6.45, 7) is 15.3. The summed E-state index contributed by atoms with van der Waals surface area (Å²) in [4.78, 5) is 8.67. The summed E-state index contributed by atoms with van der Waals surface area (Å²) in [7, 11) is 0. The fourth-order valence-corrected chi connectivity index (χ4v) is 3.28. The summed E-state index contributed by atoms with van der Waals surface area (Å²) in [5, 5.41) is 4.69. The summed E-state index contributed by atoms with van der Waals surface area (Å²) < 4.78 is 0. The monoisotopic (exact) mass is 283 g/mol. The molecule has 1 N–H and O–H groups in total. The number of nitrogens with one attached hydrogen (secondary N) is 1. The molecule has 1 rings (SSSR count). The van der Waals surface area contributed by atoms with Crippen LogP contribution in [0, 0.1) is 0 Å². The first-order valence-corrected chi connectivity index (χ1v) is 8.29. The van der Waals surface area contributed by atoms with Gasteiger partial charge in [0.1, 0.15) is 0 Å². The van der Waals surface area contributed by atoms with Gasteiger partial charge >= 0.3 is 0 Å². The van der Waals surface area contributed by atoms with Crippen LogP contribution in [0.25, 0.3) is 0 Å². The first-order chi connectivity index (χ1) is 8.99. The molecule has 0 saturated heterocycles. The van der Waals surface area contributed by atoms with Crippen LogP contribution in [0.2, 0.25) is 0 Å². The van der Waals surface area contributed by atoms with Gasteiger partial charge in [0.2, 0.25) is 0 Å². The molecular weight excluding hydrogens is 254 g/mol. The second-order valence-corrected chi connectivity index (χ2v) is 6.60. The van der Waals surface area contributed by atoms with Crippen LogP contribution in [0.5, 0.6) is 0 Å². The molecule has 0 bridgehead atoms. The van der Waals surface area contributed by atoms with E-state index in [1.54, 1.807) is 0 Å². The van der Waals surface area contributed by atoms with E-state index in [1.165, 1.54) is 22.1 Å². The molecule has 1 heterocycles. The van der Waals surface area contributed by atoms with Crippen molar-refractivity contribution in [2.45, 2.75) is 73.0 Å². The normalized spacial score (nSPS) is 11.6. The van der Waals surface area contributed by atoms with E-state index >= 15 is 0 Å². The average Bonchev–Trinajstić information content (AvgIpc) is 2.75. The maximum atomic E-state index is 4.85. The fourth-order valence-electron chi connectivity index (χ4n) is 2.02. The lowest BCUT2D eigenvalue weighted by atomic mass is 10.3. The van der Waals surface area contributed by atoms with Crippen molar-refractivity contribution in [1.82, 2.24) is 10.3 Å². The summed E-state index contributed by atoms with van der Waals surface area (Å²) >= 11 is 1.85. The van der Waals surface area contributed by atoms with Gasteiger partial charge < -0.3 is 10.2 Å². The summed E-state index contributed by atoms with van der Waals surface area (Å²) in [6.07, 6.45) is 2.18. The number of rotatable bonds is 8. The van der Waals surface area contributed by atoms with Crippen LogP contribution < -0.4 is 10.2 Å². The zero-order valence-corrected chi connectivity index (χ0v) is 14.1. The van der Waals surface area contributed by atoms with Crippen molar-refractivity contribution in [1.29, 1.82) is 0 Å². The van der Waals surface area contributed by atoms with Gasteiger partial charge in [-0.1, -0.05) is 27.7 Å². The predicted molar refractivity (Wildman–Crippen MR) is 86.2 cm³/mol. The molecule has 19 heavy (non-hydrogen) atoms. The second kappa shape index (κ2) is 7.85. The molecule has 0 saturated carbocycles. The lowest BCUT2D eigenvalue weighted by Crippen LogP contribution is -2.31. The van der Waals surface area contributed by atoms with E-state index in [0.29, 0.717) is 12.1 Å². The minimum absolute atomic E-state index is 0.515.